The summed E-state index contributed by atoms with van der Waals surface area (Å²) < 4.78 is 0. The van der Waals surface area contributed by atoms with E-state index in [1.807, 2.05) is 32.6 Å². The van der Waals surface area contributed by atoms with Crippen molar-refractivity contribution >= 4 is 11.7 Å². The summed E-state index contributed by atoms with van der Waals surface area (Å²) in [5.74, 6) is 1.72. The first-order chi connectivity index (χ1) is 11.2. The van der Waals surface area contributed by atoms with E-state index in [9.17, 15) is 9.59 Å². The molecule has 2 rings (SSSR count). The largest absolute Gasteiger partial charge is 0.340 e. The van der Waals surface area contributed by atoms with E-state index in [-0.39, 0.29) is 19.3 Å². The molecule has 0 bridgehead atoms. The lowest BCUT2D eigenvalue weighted by Crippen LogP contribution is -2.48. The van der Waals surface area contributed by atoms with Crippen molar-refractivity contribution in [2.75, 3.05) is 53.4 Å². The van der Waals surface area contributed by atoms with Crippen molar-refractivity contribution in [3.63, 3.8) is 0 Å². The fraction of sp³-hybridized carbons (Fsp3) is 0.900. The molecule has 1 amide bonds. The summed E-state index contributed by atoms with van der Waals surface area (Å²) in [6.07, 6.45) is 2.00. The zero-order chi connectivity index (χ0) is 18.3. The SMILES string of the molecule is C.CC(C)C(=O)CC1CCN(C)C1.CC(C)C(=O)N1CCN(C)CC1. The van der Waals surface area contributed by atoms with Gasteiger partial charge in [0.15, 0.2) is 0 Å². The fourth-order valence-electron chi connectivity index (χ4n) is 3.11. The first-order valence-corrected chi connectivity index (χ1v) is 9.39. The molecule has 0 aromatic carbocycles. The lowest BCUT2D eigenvalue weighted by Gasteiger charge is -2.33. The number of rotatable bonds is 4. The normalized spacial score (nSPS) is 21.8. The van der Waals surface area contributed by atoms with Gasteiger partial charge in [-0.2, -0.15) is 0 Å². The molecule has 0 aliphatic carbocycles. The molecule has 0 N–H and O–H groups in total. The molecule has 2 fully saturated rings. The number of amides is 1. The standard InChI is InChI=1S/C10H19NO.C9H18N2O.CH4/c1-8(2)10(12)6-9-4-5-11(3)7-9;1-8(2)9(12)11-6-4-10(3)5-7-11;/h8-9H,4-7H2,1-3H3;8H,4-7H2,1-3H3;1H4. The van der Waals surface area contributed by atoms with Gasteiger partial charge in [-0.3, -0.25) is 9.59 Å². The Kier molecular flexibility index (Phi) is 11.2. The van der Waals surface area contributed by atoms with Crippen LogP contribution in [0.15, 0.2) is 0 Å². The van der Waals surface area contributed by atoms with Crippen LogP contribution in [0.4, 0.5) is 0 Å². The Morgan fingerprint density at radius 1 is 0.880 bits per heavy atom. The molecular weight excluding hydrogens is 314 g/mol. The van der Waals surface area contributed by atoms with Crippen LogP contribution in [0.25, 0.3) is 0 Å². The van der Waals surface area contributed by atoms with Crippen LogP contribution >= 0.6 is 0 Å². The maximum atomic E-state index is 11.5. The highest BCUT2D eigenvalue weighted by atomic mass is 16.2. The predicted octanol–water partition coefficient (Wildman–Crippen LogP) is 2.61. The van der Waals surface area contributed by atoms with Gasteiger partial charge in [-0.05, 0) is 33.0 Å². The summed E-state index contributed by atoms with van der Waals surface area (Å²) >= 11 is 0. The lowest BCUT2D eigenvalue weighted by atomic mass is 9.96. The Hall–Kier alpha value is -0.940. The summed E-state index contributed by atoms with van der Waals surface area (Å²) in [5.41, 5.74) is 0. The Bertz CT molecular complexity index is 402. The van der Waals surface area contributed by atoms with Crippen LogP contribution in [0.5, 0.6) is 0 Å². The third-order valence-corrected chi connectivity index (χ3v) is 4.93. The van der Waals surface area contributed by atoms with Crippen LogP contribution in [0.1, 0.15) is 48.0 Å². The van der Waals surface area contributed by atoms with Gasteiger partial charge in [-0.1, -0.05) is 35.1 Å². The Morgan fingerprint density at radius 2 is 1.44 bits per heavy atom. The highest BCUT2D eigenvalue weighted by Gasteiger charge is 2.23. The van der Waals surface area contributed by atoms with Crippen LogP contribution in [-0.2, 0) is 9.59 Å². The monoisotopic (exact) mass is 355 g/mol. The molecule has 2 saturated heterocycles. The first-order valence-electron chi connectivity index (χ1n) is 9.39. The second kappa shape index (κ2) is 11.6. The average molecular weight is 356 g/mol. The molecule has 1 unspecified atom stereocenters. The highest BCUT2D eigenvalue weighted by Crippen LogP contribution is 2.19. The molecule has 5 nitrogen and oxygen atoms in total. The van der Waals surface area contributed by atoms with Crippen LogP contribution in [0, 0.1) is 17.8 Å². The second-order valence-corrected chi connectivity index (χ2v) is 8.03. The Labute approximate surface area is 155 Å². The van der Waals surface area contributed by atoms with E-state index in [1.165, 1.54) is 6.42 Å². The topological polar surface area (TPSA) is 43.9 Å². The molecule has 148 valence electrons. The summed E-state index contributed by atoms with van der Waals surface area (Å²) in [4.78, 5) is 29.4. The molecule has 0 radical (unpaired) electrons. The van der Waals surface area contributed by atoms with Crippen molar-refractivity contribution in [3.05, 3.63) is 0 Å². The molecule has 0 aromatic heterocycles. The molecule has 2 heterocycles. The minimum absolute atomic E-state index is 0. The zero-order valence-corrected chi connectivity index (χ0v) is 16.5. The van der Waals surface area contributed by atoms with Crippen LogP contribution in [0.3, 0.4) is 0 Å². The fourth-order valence-corrected chi connectivity index (χ4v) is 3.11. The zero-order valence-electron chi connectivity index (χ0n) is 16.5. The lowest BCUT2D eigenvalue weighted by molar-refractivity contribution is -0.136. The molecule has 5 heteroatoms. The highest BCUT2D eigenvalue weighted by molar-refractivity contribution is 5.80. The number of likely N-dealkylation sites (N-methyl/N-ethyl adjacent to an activating group) is 1. The molecule has 2 aliphatic rings. The summed E-state index contributed by atoms with van der Waals surface area (Å²) in [7, 11) is 4.22. The van der Waals surface area contributed by atoms with E-state index in [4.69, 9.17) is 0 Å². The summed E-state index contributed by atoms with van der Waals surface area (Å²) in [6, 6.07) is 0. The maximum absolute atomic E-state index is 11.5. The van der Waals surface area contributed by atoms with Gasteiger partial charge in [-0.15, -0.1) is 0 Å². The molecule has 0 aromatic rings. The van der Waals surface area contributed by atoms with Crippen LogP contribution < -0.4 is 0 Å². The van der Waals surface area contributed by atoms with E-state index in [2.05, 4.69) is 23.9 Å². The van der Waals surface area contributed by atoms with Gasteiger partial charge < -0.3 is 14.7 Å². The van der Waals surface area contributed by atoms with Gasteiger partial charge in [0.1, 0.15) is 5.78 Å². The number of hydrogen-bond donors (Lipinski definition) is 0. The van der Waals surface area contributed by atoms with E-state index in [1.54, 1.807) is 0 Å². The number of piperazine rings is 1. The molecule has 0 spiro atoms. The van der Waals surface area contributed by atoms with Gasteiger partial charge in [0, 0.05) is 51.0 Å². The number of Topliss-reactive ketones (excluding diaryl/α,β-unsaturated/α-hetero) is 1. The first kappa shape index (κ1) is 24.1. The second-order valence-electron chi connectivity index (χ2n) is 8.03. The van der Waals surface area contributed by atoms with Gasteiger partial charge in [0.25, 0.3) is 0 Å². The minimum Gasteiger partial charge on any atom is -0.340 e. The minimum atomic E-state index is 0. The van der Waals surface area contributed by atoms with Crippen molar-refractivity contribution < 1.29 is 9.59 Å². The van der Waals surface area contributed by atoms with Crippen molar-refractivity contribution in [2.45, 2.75) is 48.0 Å². The number of nitrogens with zero attached hydrogens (tertiary/aromatic N) is 3. The number of likely N-dealkylation sites (tertiary alicyclic amines) is 1. The molecule has 25 heavy (non-hydrogen) atoms. The van der Waals surface area contributed by atoms with Crippen molar-refractivity contribution in [3.8, 4) is 0 Å². The van der Waals surface area contributed by atoms with E-state index >= 15 is 0 Å². The number of hydrogen-bond acceptors (Lipinski definition) is 4. The average Bonchev–Trinajstić information content (AvgIpc) is 2.93. The van der Waals surface area contributed by atoms with Crippen molar-refractivity contribution in [1.82, 2.24) is 14.7 Å². The molecule has 0 saturated carbocycles. The summed E-state index contributed by atoms with van der Waals surface area (Å²) in [5, 5.41) is 0. The number of carbonyl (C=O) groups is 2. The van der Waals surface area contributed by atoms with Gasteiger partial charge in [0.05, 0.1) is 0 Å². The molecular formula is C20H41N3O2. The van der Waals surface area contributed by atoms with E-state index in [0.717, 1.165) is 45.7 Å². The van der Waals surface area contributed by atoms with E-state index in [0.29, 0.717) is 17.6 Å². The molecule has 1 atom stereocenters. The Morgan fingerprint density at radius 3 is 1.84 bits per heavy atom. The smallest absolute Gasteiger partial charge is 0.225 e. The predicted molar refractivity (Wildman–Crippen MR) is 106 cm³/mol. The van der Waals surface area contributed by atoms with Gasteiger partial charge in [0.2, 0.25) is 5.91 Å². The summed E-state index contributed by atoms with van der Waals surface area (Å²) in [6.45, 7) is 14.0. The van der Waals surface area contributed by atoms with Gasteiger partial charge >= 0.3 is 0 Å². The van der Waals surface area contributed by atoms with Crippen molar-refractivity contribution in [2.24, 2.45) is 17.8 Å². The number of ketones is 1. The van der Waals surface area contributed by atoms with Crippen molar-refractivity contribution in [1.29, 1.82) is 0 Å². The van der Waals surface area contributed by atoms with Crippen LogP contribution in [0.2, 0.25) is 0 Å². The van der Waals surface area contributed by atoms with Gasteiger partial charge in [-0.25, -0.2) is 0 Å². The third kappa shape index (κ3) is 8.82. The molecule has 2 aliphatic heterocycles. The number of carbonyl (C=O) groups excluding carboxylic acids is 2. The third-order valence-electron chi connectivity index (χ3n) is 4.93. The Balaban J connectivity index is 0.000000443. The quantitative estimate of drug-likeness (QED) is 0.777. The van der Waals surface area contributed by atoms with E-state index < -0.39 is 0 Å². The van der Waals surface area contributed by atoms with Crippen LogP contribution in [-0.4, -0.2) is 79.8 Å². The maximum Gasteiger partial charge on any atom is 0.225 e.